The molecule has 2 aromatic heterocycles. The molecule has 0 aliphatic carbocycles. The molecule has 0 bridgehead atoms. The molecular formula is C10H10N4O2. The Morgan fingerprint density at radius 2 is 2.38 bits per heavy atom. The molecule has 6 nitrogen and oxygen atoms in total. The molecule has 82 valence electrons. The van der Waals surface area contributed by atoms with Crippen molar-refractivity contribution in [1.29, 1.82) is 0 Å². The van der Waals surface area contributed by atoms with Crippen LogP contribution in [0.5, 0.6) is 0 Å². The van der Waals surface area contributed by atoms with Crippen molar-refractivity contribution in [3.8, 4) is 0 Å². The van der Waals surface area contributed by atoms with Crippen LogP contribution in [0.4, 0.5) is 11.5 Å². The third-order valence-electron chi connectivity index (χ3n) is 2.07. The number of pyridine rings is 1. The number of rotatable bonds is 2. The van der Waals surface area contributed by atoms with Crippen LogP contribution in [-0.2, 0) is 0 Å². The summed E-state index contributed by atoms with van der Waals surface area (Å²) in [6.07, 6.45) is 2.90. The van der Waals surface area contributed by atoms with Gasteiger partial charge in [-0.2, -0.15) is 0 Å². The minimum Gasteiger partial charge on any atom is -0.396 e. The number of hydrogen-bond acceptors (Lipinski definition) is 5. The van der Waals surface area contributed by atoms with E-state index in [1.807, 2.05) is 0 Å². The van der Waals surface area contributed by atoms with Gasteiger partial charge in [-0.25, -0.2) is 4.98 Å². The molecule has 2 heterocycles. The normalized spacial score (nSPS) is 10.1. The lowest BCUT2D eigenvalue weighted by molar-refractivity contribution is 0.102. The highest BCUT2D eigenvalue weighted by atomic mass is 16.5. The highest BCUT2D eigenvalue weighted by molar-refractivity contribution is 6.05. The second kappa shape index (κ2) is 4.01. The van der Waals surface area contributed by atoms with E-state index in [9.17, 15) is 4.79 Å². The molecule has 16 heavy (non-hydrogen) atoms. The molecule has 2 aromatic rings. The van der Waals surface area contributed by atoms with Gasteiger partial charge in [0.25, 0.3) is 5.91 Å². The maximum absolute atomic E-state index is 11.7. The number of aryl methyl sites for hydroxylation is 1. The van der Waals surface area contributed by atoms with Crippen molar-refractivity contribution >= 4 is 17.4 Å². The van der Waals surface area contributed by atoms with Crippen LogP contribution >= 0.6 is 0 Å². The monoisotopic (exact) mass is 218 g/mol. The molecule has 0 fully saturated rings. The zero-order valence-corrected chi connectivity index (χ0v) is 8.60. The Bertz CT molecular complexity index is 521. The second-order valence-electron chi connectivity index (χ2n) is 3.19. The minimum absolute atomic E-state index is 0.327. The predicted octanol–water partition coefficient (Wildman–Crippen LogP) is 1.21. The number of nitrogens with one attached hydrogen (secondary N) is 1. The molecule has 0 radical (unpaired) electrons. The van der Waals surface area contributed by atoms with Gasteiger partial charge >= 0.3 is 0 Å². The Balaban J connectivity index is 2.21. The fourth-order valence-corrected chi connectivity index (χ4v) is 1.21. The van der Waals surface area contributed by atoms with Crippen molar-refractivity contribution in [2.24, 2.45) is 0 Å². The number of nitrogens with two attached hydrogens (primary N) is 1. The van der Waals surface area contributed by atoms with Gasteiger partial charge in [0.2, 0.25) is 0 Å². The summed E-state index contributed by atoms with van der Waals surface area (Å²) in [4.78, 5) is 15.7. The zero-order valence-electron chi connectivity index (χ0n) is 8.60. The molecule has 0 atom stereocenters. The van der Waals surface area contributed by atoms with E-state index in [4.69, 9.17) is 10.3 Å². The first kappa shape index (κ1) is 10.2. The predicted molar refractivity (Wildman–Crippen MR) is 57.8 cm³/mol. The van der Waals surface area contributed by atoms with Crippen LogP contribution in [0.15, 0.2) is 29.0 Å². The van der Waals surface area contributed by atoms with Gasteiger partial charge in [0.15, 0.2) is 5.82 Å². The number of amides is 1. The molecule has 0 saturated carbocycles. The van der Waals surface area contributed by atoms with Crippen LogP contribution in [0.1, 0.15) is 16.1 Å². The molecule has 0 aliphatic heterocycles. The highest BCUT2D eigenvalue weighted by Crippen LogP contribution is 2.15. The molecule has 0 unspecified atom stereocenters. The summed E-state index contributed by atoms with van der Waals surface area (Å²) in [6, 6.07) is 3.35. The molecule has 0 aliphatic rings. The number of carbonyl (C=O) groups excluding carboxylic acids is 1. The molecular weight excluding hydrogens is 208 g/mol. The molecule has 0 spiro atoms. The molecule has 1 amide bonds. The number of nitrogen functional groups attached to an aromatic ring is 1. The van der Waals surface area contributed by atoms with E-state index in [1.165, 1.54) is 6.20 Å². The van der Waals surface area contributed by atoms with Crippen molar-refractivity contribution < 1.29 is 9.32 Å². The fraction of sp³-hybridized carbons (Fsp3) is 0.100. The Labute approximate surface area is 91.5 Å². The van der Waals surface area contributed by atoms with E-state index < -0.39 is 0 Å². The first-order chi connectivity index (χ1) is 7.68. The van der Waals surface area contributed by atoms with Crippen molar-refractivity contribution in [2.45, 2.75) is 6.92 Å². The van der Waals surface area contributed by atoms with Gasteiger partial charge in [-0.1, -0.05) is 5.16 Å². The quantitative estimate of drug-likeness (QED) is 0.790. The average Bonchev–Trinajstić information content (AvgIpc) is 2.68. The standard InChI is InChI=1S/C10H10N4O2/c1-6-7(5-13-16-6)10(15)14-9-8(11)3-2-4-12-9/h2-5H,11H2,1H3,(H,12,14,15). The van der Waals surface area contributed by atoms with Crippen LogP contribution in [0, 0.1) is 6.92 Å². The van der Waals surface area contributed by atoms with E-state index in [-0.39, 0.29) is 5.91 Å². The van der Waals surface area contributed by atoms with E-state index in [2.05, 4.69) is 15.5 Å². The van der Waals surface area contributed by atoms with Crippen molar-refractivity contribution in [1.82, 2.24) is 10.1 Å². The number of aromatic nitrogens is 2. The first-order valence-corrected chi connectivity index (χ1v) is 4.61. The maximum atomic E-state index is 11.7. The Morgan fingerprint density at radius 1 is 1.56 bits per heavy atom. The topological polar surface area (TPSA) is 94.0 Å². The minimum atomic E-state index is -0.343. The van der Waals surface area contributed by atoms with Crippen molar-refractivity contribution in [3.05, 3.63) is 35.9 Å². The number of nitrogens with zero attached hydrogens (tertiary/aromatic N) is 2. The van der Waals surface area contributed by atoms with Crippen LogP contribution < -0.4 is 11.1 Å². The molecule has 3 N–H and O–H groups in total. The Morgan fingerprint density at radius 3 is 3.00 bits per heavy atom. The lowest BCUT2D eigenvalue weighted by Crippen LogP contribution is -2.14. The van der Waals surface area contributed by atoms with Crippen LogP contribution in [0.2, 0.25) is 0 Å². The fourth-order valence-electron chi connectivity index (χ4n) is 1.21. The summed E-state index contributed by atoms with van der Waals surface area (Å²) >= 11 is 0. The first-order valence-electron chi connectivity index (χ1n) is 4.61. The highest BCUT2D eigenvalue weighted by Gasteiger charge is 2.14. The van der Waals surface area contributed by atoms with Crippen molar-refractivity contribution in [3.63, 3.8) is 0 Å². The molecule has 0 saturated heterocycles. The summed E-state index contributed by atoms with van der Waals surface area (Å²) in [5.41, 5.74) is 6.42. The van der Waals surface area contributed by atoms with Crippen molar-refractivity contribution in [2.75, 3.05) is 11.1 Å². The van der Waals surface area contributed by atoms with E-state index in [0.717, 1.165) is 0 Å². The second-order valence-corrected chi connectivity index (χ2v) is 3.19. The summed E-state index contributed by atoms with van der Waals surface area (Å²) in [5, 5.41) is 6.10. The van der Waals surface area contributed by atoms with Gasteiger partial charge in [-0.15, -0.1) is 0 Å². The molecule has 6 heteroatoms. The summed E-state index contributed by atoms with van der Waals surface area (Å²) in [6.45, 7) is 1.66. The summed E-state index contributed by atoms with van der Waals surface area (Å²) < 4.78 is 4.79. The zero-order chi connectivity index (χ0) is 11.5. The van der Waals surface area contributed by atoms with Gasteiger partial charge in [-0.3, -0.25) is 4.79 Å². The third-order valence-corrected chi connectivity index (χ3v) is 2.07. The van der Waals surface area contributed by atoms with E-state index in [0.29, 0.717) is 22.8 Å². The van der Waals surface area contributed by atoms with E-state index >= 15 is 0 Å². The SMILES string of the molecule is Cc1oncc1C(=O)Nc1ncccc1N. The summed E-state index contributed by atoms with van der Waals surface area (Å²) in [5.74, 6) is 0.434. The van der Waals surface area contributed by atoms with E-state index in [1.54, 1.807) is 25.3 Å². The van der Waals surface area contributed by atoms with Gasteiger partial charge in [0, 0.05) is 6.20 Å². The lowest BCUT2D eigenvalue weighted by Gasteiger charge is -2.04. The maximum Gasteiger partial charge on any atom is 0.262 e. The Kier molecular flexibility index (Phi) is 2.55. The van der Waals surface area contributed by atoms with Gasteiger partial charge in [0.1, 0.15) is 11.3 Å². The Hall–Kier alpha value is -2.37. The summed E-state index contributed by atoms with van der Waals surface area (Å²) in [7, 11) is 0. The largest absolute Gasteiger partial charge is 0.396 e. The van der Waals surface area contributed by atoms with Gasteiger partial charge in [0.05, 0.1) is 11.9 Å². The number of carbonyl (C=O) groups is 1. The molecule has 0 aromatic carbocycles. The number of hydrogen-bond donors (Lipinski definition) is 2. The van der Waals surface area contributed by atoms with Gasteiger partial charge in [-0.05, 0) is 19.1 Å². The van der Waals surface area contributed by atoms with Crippen LogP contribution in [0.3, 0.4) is 0 Å². The molecule has 2 rings (SSSR count). The third kappa shape index (κ3) is 1.85. The number of anilines is 2. The lowest BCUT2D eigenvalue weighted by atomic mass is 10.2. The van der Waals surface area contributed by atoms with Gasteiger partial charge < -0.3 is 15.6 Å². The smallest absolute Gasteiger partial charge is 0.262 e. The average molecular weight is 218 g/mol. The van der Waals surface area contributed by atoms with Crippen LogP contribution in [-0.4, -0.2) is 16.0 Å². The van der Waals surface area contributed by atoms with Crippen LogP contribution in [0.25, 0.3) is 0 Å².